The predicted molar refractivity (Wildman–Crippen MR) is 159 cm³/mol. The second-order valence-electron chi connectivity index (χ2n) is 13.7. The molecule has 2 aliphatic heterocycles. The van der Waals surface area contributed by atoms with Gasteiger partial charge in [0.25, 0.3) is 0 Å². The largest absolute Gasteiger partial charge is 0.504 e. The number of likely N-dealkylation sites (tertiary alicyclic amines) is 1. The van der Waals surface area contributed by atoms with Crippen molar-refractivity contribution >= 4 is 16.0 Å². The van der Waals surface area contributed by atoms with Gasteiger partial charge in [0.15, 0.2) is 11.5 Å². The van der Waals surface area contributed by atoms with Crippen molar-refractivity contribution in [2.24, 2.45) is 11.8 Å². The van der Waals surface area contributed by atoms with E-state index in [4.69, 9.17) is 9.47 Å². The van der Waals surface area contributed by atoms with Crippen molar-refractivity contribution in [3.8, 4) is 11.5 Å². The average molecular weight is 595 g/mol. The number of phenols is 1. The van der Waals surface area contributed by atoms with Crippen LogP contribution in [0.1, 0.15) is 69.6 Å². The maximum atomic E-state index is 14.3. The molecule has 3 fully saturated rings. The van der Waals surface area contributed by atoms with Gasteiger partial charge < -0.3 is 14.6 Å². The van der Waals surface area contributed by atoms with Gasteiger partial charge in [-0.25, -0.2) is 8.42 Å². The summed E-state index contributed by atoms with van der Waals surface area (Å²) in [5.74, 6) is 0.877. The molecule has 0 radical (unpaired) electrons. The number of hydrogen-bond donors (Lipinski definition) is 1. The highest BCUT2D eigenvalue weighted by Gasteiger charge is 2.76. The fraction of sp³-hybridized carbons (Fsp3) is 0.606. The van der Waals surface area contributed by atoms with Crippen molar-refractivity contribution in [2.75, 3.05) is 19.6 Å². The molecule has 5 aliphatic rings. The number of esters is 1. The average Bonchev–Trinajstić information content (AvgIpc) is 3.67. The maximum Gasteiger partial charge on any atom is 0.303 e. The zero-order valence-corrected chi connectivity index (χ0v) is 25.6. The van der Waals surface area contributed by atoms with Gasteiger partial charge in [0, 0.05) is 25.6 Å². The molecule has 2 unspecified atom stereocenters. The van der Waals surface area contributed by atoms with Crippen molar-refractivity contribution in [3.05, 3.63) is 59.2 Å². The fourth-order valence-electron chi connectivity index (χ4n) is 8.87. The van der Waals surface area contributed by atoms with Crippen LogP contribution in [-0.4, -0.2) is 72.1 Å². The number of phenolic OH excluding ortho intramolecular Hbond substituents is 1. The Morgan fingerprint density at radius 1 is 1.14 bits per heavy atom. The molecule has 2 aromatic carbocycles. The van der Waals surface area contributed by atoms with Gasteiger partial charge in [-0.05, 0) is 74.1 Å². The number of benzene rings is 2. The van der Waals surface area contributed by atoms with E-state index in [0.29, 0.717) is 43.9 Å². The highest BCUT2D eigenvalue weighted by Crippen LogP contribution is 2.67. The van der Waals surface area contributed by atoms with Crippen LogP contribution in [0.3, 0.4) is 0 Å². The molecule has 0 aromatic heterocycles. The van der Waals surface area contributed by atoms with Crippen molar-refractivity contribution in [1.29, 1.82) is 0 Å². The SMILES string of the molecule is CC(=O)O[C@@]12CCC(N(CC(C)C)S(=O)(=O)Cc3ccccc3)C3Oc4c(O)ccc5c4[C@@]31CCN(CC1CC1)[C@@H]2C5. The number of nitrogens with zero attached hydrogens (tertiary/aromatic N) is 2. The smallest absolute Gasteiger partial charge is 0.303 e. The third-order valence-corrected chi connectivity index (χ3v) is 12.3. The van der Waals surface area contributed by atoms with Gasteiger partial charge in [0.05, 0.1) is 23.3 Å². The lowest BCUT2D eigenvalue weighted by Crippen LogP contribution is -2.79. The molecular weight excluding hydrogens is 552 g/mol. The molecule has 1 spiro atoms. The Kier molecular flexibility index (Phi) is 6.68. The van der Waals surface area contributed by atoms with E-state index in [-0.39, 0.29) is 29.4 Å². The molecule has 2 saturated carbocycles. The van der Waals surface area contributed by atoms with Gasteiger partial charge in [-0.3, -0.25) is 9.69 Å². The lowest BCUT2D eigenvalue weighted by Gasteiger charge is -2.65. The topological polar surface area (TPSA) is 96.4 Å². The van der Waals surface area contributed by atoms with Gasteiger partial charge in [-0.1, -0.05) is 50.2 Å². The van der Waals surface area contributed by atoms with Crippen LogP contribution in [0, 0.1) is 11.8 Å². The molecule has 42 heavy (non-hydrogen) atoms. The van der Waals surface area contributed by atoms with Gasteiger partial charge in [-0.2, -0.15) is 4.31 Å². The molecule has 8 nitrogen and oxygen atoms in total. The molecule has 2 heterocycles. The van der Waals surface area contributed by atoms with Crippen LogP contribution in [-0.2, 0) is 37.1 Å². The van der Waals surface area contributed by atoms with Crippen LogP contribution < -0.4 is 4.74 Å². The summed E-state index contributed by atoms with van der Waals surface area (Å²) >= 11 is 0. The van der Waals surface area contributed by atoms with E-state index >= 15 is 0 Å². The van der Waals surface area contributed by atoms with E-state index in [1.54, 1.807) is 10.4 Å². The third kappa shape index (κ3) is 4.21. The lowest BCUT2D eigenvalue weighted by molar-refractivity contribution is -0.222. The molecule has 3 aliphatic carbocycles. The Morgan fingerprint density at radius 2 is 1.90 bits per heavy atom. The van der Waals surface area contributed by atoms with Gasteiger partial charge in [0.2, 0.25) is 10.0 Å². The third-order valence-electron chi connectivity index (χ3n) is 10.5. The summed E-state index contributed by atoms with van der Waals surface area (Å²) in [5.41, 5.74) is 1.20. The van der Waals surface area contributed by atoms with Crippen LogP contribution in [0.5, 0.6) is 11.5 Å². The molecule has 226 valence electrons. The van der Waals surface area contributed by atoms with Gasteiger partial charge in [-0.15, -0.1) is 0 Å². The summed E-state index contributed by atoms with van der Waals surface area (Å²) in [6.45, 7) is 7.74. The van der Waals surface area contributed by atoms with Crippen molar-refractivity contribution in [3.63, 3.8) is 0 Å². The number of aromatic hydroxyl groups is 1. The minimum absolute atomic E-state index is 0.0229. The maximum absolute atomic E-state index is 14.3. The molecule has 5 atom stereocenters. The molecular formula is C33H42N2O6S. The number of ether oxygens (including phenoxy) is 2. The quantitative estimate of drug-likeness (QED) is 0.431. The number of rotatable bonds is 9. The molecule has 0 amide bonds. The highest BCUT2D eigenvalue weighted by molar-refractivity contribution is 7.88. The van der Waals surface area contributed by atoms with Crippen LogP contribution in [0.25, 0.3) is 0 Å². The normalized spacial score (nSPS) is 31.6. The van der Waals surface area contributed by atoms with Crippen LogP contribution >= 0.6 is 0 Å². The van der Waals surface area contributed by atoms with E-state index in [9.17, 15) is 18.3 Å². The first-order valence-corrected chi connectivity index (χ1v) is 17.2. The standard InChI is InChI=1S/C33H42N2O6S/c1-21(2)18-35(42(38,39)20-24-7-5-4-6-8-24)26-13-14-33(41-22(3)36)28-17-25-11-12-27(37)30-29(25)32(33,31(26)40-30)15-16-34(28)19-23-9-10-23/h4-8,11-12,21,23,26,28,31,37H,9-10,13-20H2,1-3H3/t26?,28-,31?,32+,33-/m1/s1. The zero-order valence-electron chi connectivity index (χ0n) is 24.8. The Morgan fingerprint density at radius 3 is 2.60 bits per heavy atom. The van der Waals surface area contributed by atoms with E-state index in [1.165, 1.54) is 19.8 Å². The monoisotopic (exact) mass is 594 g/mol. The summed E-state index contributed by atoms with van der Waals surface area (Å²) < 4.78 is 43.6. The number of carbonyl (C=O) groups is 1. The molecule has 7 rings (SSSR count). The Hall–Kier alpha value is -2.62. The van der Waals surface area contributed by atoms with E-state index in [2.05, 4.69) is 4.90 Å². The Balaban J connectivity index is 1.37. The van der Waals surface area contributed by atoms with Crippen LogP contribution in [0.4, 0.5) is 0 Å². The highest BCUT2D eigenvalue weighted by atomic mass is 32.2. The number of sulfonamides is 1. The molecule has 1 N–H and O–H groups in total. The Bertz CT molecular complexity index is 1490. The molecule has 2 aromatic rings. The summed E-state index contributed by atoms with van der Waals surface area (Å²) in [6, 6.07) is 12.5. The summed E-state index contributed by atoms with van der Waals surface area (Å²) in [4.78, 5) is 15.5. The van der Waals surface area contributed by atoms with Crippen molar-refractivity contribution in [2.45, 2.75) is 94.3 Å². The van der Waals surface area contributed by atoms with Crippen LogP contribution in [0.2, 0.25) is 0 Å². The fourth-order valence-corrected chi connectivity index (χ4v) is 10.8. The summed E-state index contributed by atoms with van der Waals surface area (Å²) in [5, 5.41) is 11.1. The van der Waals surface area contributed by atoms with Gasteiger partial charge in [0.1, 0.15) is 11.7 Å². The molecule has 9 heteroatoms. The van der Waals surface area contributed by atoms with E-state index in [1.807, 2.05) is 50.2 Å². The van der Waals surface area contributed by atoms with Gasteiger partial charge >= 0.3 is 5.97 Å². The number of piperidine rings is 1. The number of hydrogen-bond acceptors (Lipinski definition) is 7. The van der Waals surface area contributed by atoms with Crippen LogP contribution in [0.15, 0.2) is 42.5 Å². The zero-order chi connectivity index (χ0) is 29.4. The second kappa shape index (κ2) is 9.96. The second-order valence-corrected chi connectivity index (χ2v) is 15.6. The van der Waals surface area contributed by atoms with E-state index < -0.39 is 33.2 Å². The first-order valence-electron chi connectivity index (χ1n) is 15.5. The summed E-state index contributed by atoms with van der Waals surface area (Å²) in [6.07, 6.45) is 4.35. The lowest BCUT2D eigenvalue weighted by atomic mass is 9.48. The first kappa shape index (κ1) is 28.2. The van der Waals surface area contributed by atoms with Crippen molar-refractivity contribution < 1.29 is 27.8 Å². The summed E-state index contributed by atoms with van der Waals surface area (Å²) in [7, 11) is -3.73. The molecule has 2 bridgehead atoms. The molecule has 1 saturated heterocycles. The van der Waals surface area contributed by atoms with Crippen molar-refractivity contribution in [1.82, 2.24) is 9.21 Å². The minimum atomic E-state index is -3.73. The van der Waals surface area contributed by atoms with E-state index in [0.717, 1.165) is 29.8 Å². The first-order chi connectivity index (χ1) is 20.1. The number of carbonyl (C=O) groups excluding carboxylic acids is 1. The predicted octanol–water partition coefficient (Wildman–Crippen LogP) is 4.38. The Labute approximate surface area is 249 Å². The minimum Gasteiger partial charge on any atom is -0.504 e.